The normalized spacial score (nSPS) is 26.2. The lowest BCUT2D eigenvalue weighted by Gasteiger charge is -2.22. The molecule has 0 spiro atoms. The van der Waals surface area contributed by atoms with E-state index in [1.807, 2.05) is 6.92 Å². The molecule has 1 rings (SSSR count). The molecule has 1 aliphatic rings. The minimum Gasteiger partial charge on any atom is -0.370 e. The Kier molecular flexibility index (Phi) is 3.69. The topological polar surface area (TPSA) is 72.4 Å². The highest BCUT2D eigenvalue weighted by Crippen LogP contribution is 2.18. The summed E-state index contributed by atoms with van der Waals surface area (Å²) in [6, 6.07) is 0.272. The van der Waals surface area contributed by atoms with Gasteiger partial charge in [0.25, 0.3) is 0 Å². The molecule has 13 heavy (non-hydrogen) atoms. The number of likely N-dealkylation sites (tertiary alicyclic amines) is 1. The maximum Gasteiger partial charge on any atom is 0.218 e. The van der Waals surface area contributed by atoms with Crippen molar-refractivity contribution >= 4 is 5.91 Å². The Labute approximate surface area is 79.3 Å². The Morgan fingerprint density at radius 3 is 2.85 bits per heavy atom. The standard InChI is InChI=1S/C9H19N3O/c1-7(4-9(11)13)12-3-2-8(5-10)6-12/h7-8H,2-6,10H2,1H3,(H2,11,13). The van der Waals surface area contributed by atoms with Gasteiger partial charge in [-0.05, 0) is 32.4 Å². The highest BCUT2D eigenvalue weighted by atomic mass is 16.1. The zero-order chi connectivity index (χ0) is 9.84. The summed E-state index contributed by atoms with van der Waals surface area (Å²) in [5.74, 6) is 0.388. The molecule has 0 aliphatic carbocycles. The van der Waals surface area contributed by atoms with Crippen LogP contribution >= 0.6 is 0 Å². The molecule has 2 atom stereocenters. The van der Waals surface area contributed by atoms with E-state index in [1.165, 1.54) is 0 Å². The third kappa shape index (κ3) is 2.97. The summed E-state index contributed by atoms with van der Waals surface area (Å²) in [5.41, 5.74) is 10.7. The summed E-state index contributed by atoms with van der Waals surface area (Å²) < 4.78 is 0. The van der Waals surface area contributed by atoms with Crippen LogP contribution in [-0.4, -0.2) is 36.5 Å². The summed E-state index contributed by atoms with van der Waals surface area (Å²) in [7, 11) is 0. The van der Waals surface area contributed by atoms with E-state index < -0.39 is 0 Å². The second kappa shape index (κ2) is 4.58. The molecule has 0 bridgehead atoms. The number of hydrogen-bond acceptors (Lipinski definition) is 3. The number of hydrogen-bond donors (Lipinski definition) is 2. The highest BCUT2D eigenvalue weighted by Gasteiger charge is 2.25. The van der Waals surface area contributed by atoms with Gasteiger partial charge in [-0.2, -0.15) is 0 Å². The van der Waals surface area contributed by atoms with E-state index in [0.29, 0.717) is 12.3 Å². The minimum absolute atomic E-state index is 0.219. The lowest BCUT2D eigenvalue weighted by molar-refractivity contribution is -0.119. The third-order valence-electron chi connectivity index (χ3n) is 2.77. The van der Waals surface area contributed by atoms with Gasteiger partial charge in [0.2, 0.25) is 5.91 Å². The maximum absolute atomic E-state index is 10.7. The molecule has 0 aromatic heterocycles. The number of amides is 1. The fraction of sp³-hybridized carbons (Fsp3) is 0.889. The quantitative estimate of drug-likeness (QED) is 0.622. The fourth-order valence-corrected chi connectivity index (χ4v) is 1.88. The summed E-state index contributed by atoms with van der Waals surface area (Å²) in [6.45, 7) is 4.87. The first-order chi connectivity index (χ1) is 6.13. The molecule has 4 N–H and O–H groups in total. The van der Waals surface area contributed by atoms with Gasteiger partial charge in [-0.3, -0.25) is 9.69 Å². The van der Waals surface area contributed by atoms with Gasteiger partial charge in [0.15, 0.2) is 0 Å². The van der Waals surface area contributed by atoms with E-state index in [4.69, 9.17) is 11.5 Å². The van der Waals surface area contributed by atoms with Crippen molar-refractivity contribution in [3.05, 3.63) is 0 Å². The van der Waals surface area contributed by atoms with Crippen LogP contribution in [0.25, 0.3) is 0 Å². The molecule has 1 heterocycles. The van der Waals surface area contributed by atoms with Crippen molar-refractivity contribution in [3.63, 3.8) is 0 Å². The van der Waals surface area contributed by atoms with Gasteiger partial charge >= 0.3 is 0 Å². The largest absolute Gasteiger partial charge is 0.370 e. The Hall–Kier alpha value is -0.610. The van der Waals surface area contributed by atoms with E-state index in [0.717, 1.165) is 26.1 Å². The van der Waals surface area contributed by atoms with Gasteiger partial charge in [-0.1, -0.05) is 0 Å². The molecule has 1 aliphatic heterocycles. The summed E-state index contributed by atoms with van der Waals surface area (Å²) in [5, 5.41) is 0. The summed E-state index contributed by atoms with van der Waals surface area (Å²) in [6.07, 6.45) is 1.61. The molecule has 0 aromatic carbocycles. The van der Waals surface area contributed by atoms with E-state index in [-0.39, 0.29) is 11.9 Å². The molecular formula is C9H19N3O. The van der Waals surface area contributed by atoms with Crippen LogP contribution in [0.2, 0.25) is 0 Å². The molecule has 0 radical (unpaired) electrons. The predicted octanol–water partition coefficient (Wildman–Crippen LogP) is -0.469. The highest BCUT2D eigenvalue weighted by molar-refractivity contribution is 5.74. The van der Waals surface area contributed by atoms with Crippen LogP contribution in [0.3, 0.4) is 0 Å². The van der Waals surface area contributed by atoms with E-state index in [2.05, 4.69) is 4.90 Å². The number of carbonyl (C=O) groups excluding carboxylic acids is 1. The van der Waals surface area contributed by atoms with Crippen LogP contribution in [0.4, 0.5) is 0 Å². The zero-order valence-electron chi connectivity index (χ0n) is 8.20. The molecule has 2 unspecified atom stereocenters. The van der Waals surface area contributed by atoms with Gasteiger partial charge in [-0.15, -0.1) is 0 Å². The Morgan fingerprint density at radius 2 is 2.38 bits per heavy atom. The second-order valence-electron chi connectivity index (χ2n) is 3.90. The molecule has 1 amide bonds. The van der Waals surface area contributed by atoms with Crippen LogP contribution in [-0.2, 0) is 4.79 Å². The zero-order valence-corrected chi connectivity index (χ0v) is 8.20. The molecule has 1 fully saturated rings. The first kappa shape index (κ1) is 10.5. The maximum atomic E-state index is 10.7. The molecule has 4 nitrogen and oxygen atoms in total. The van der Waals surface area contributed by atoms with Crippen molar-refractivity contribution in [1.82, 2.24) is 4.90 Å². The van der Waals surface area contributed by atoms with Crippen molar-refractivity contribution in [2.45, 2.75) is 25.8 Å². The summed E-state index contributed by atoms with van der Waals surface area (Å²) in [4.78, 5) is 13.0. The lowest BCUT2D eigenvalue weighted by atomic mass is 10.1. The van der Waals surface area contributed by atoms with E-state index in [1.54, 1.807) is 0 Å². The molecular weight excluding hydrogens is 166 g/mol. The Morgan fingerprint density at radius 1 is 1.69 bits per heavy atom. The van der Waals surface area contributed by atoms with Crippen LogP contribution < -0.4 is 11.5 Å². The molecule has 1 saturated heterocycles. The molecule has 0 saturated carbocycles. The number of rotatable bonds is 4. The van der Waals surface area contributed by atoms with Crippen molar-refractivity contribution in [1.29, 1.82) is 0 Å². The lowest BCUT2D eigenvalue weighted by Crippen LogP contribution is -2.35. The Bertz CT molecular complexity index is 184. The van der Waals surface area contributed by atoms with Crippen LogP contribution in [0.5, 0.6) is 0 Å². The number of nitrogens with zero attached hydrogens (tertiary/aromatic N) is 1. The van der Waals surface area contributed by atoms with Crippen molar-refractivity contribution in [2.24, 2.45) is 17.4 Å². The SMILES string of the molecule is CC(CC(N)=O)N1CCC(CN)C1. The van der Waals surface area contributed by atoms with Gasteiger partial charge < -0.3 is 11.5 Å². The fourth-order valence-electron chi connectivity index (χ4n) is 1.88. The smallest absolute Gasteiger partial charge is 0.218 e. The summed E-state index contributed by atoms with van der Waals surface area (Å²) >= 11 is 0. The number of nitrogens with two attached hydrogens (primary N) is 2. The van der Waals surface area contributed by atoms with Crippen molar-refractivity contribution < 1.29 is 4.79 Å². The Balaban J connectivity index is 2.32. The number of carbonyl (C=O) groups is 1. The average molecular weight is 185 g/mol. The van der Waals surface area contributed by atoms with E-state index in [9.17, 15) is 4.79 Å². The average Bonchev–Trinajstić information content (AvgIpc) is 2.50. The molecule has 76 valence electrons. The molecule has 0 aromatic rings. The van der Waals surface area contributed by atoms with Gasteiger partial charge in [0.1, 0.15) is 0 Å². The van der Waals surface area contributed by atoms with Crippen molar-refractivity contribution in [3.8, 4) is 0 Å². The molecule has 4 heteroatoms. The van der Waals surface area contributed by atoms with Crippen LogP contribution in [0.1, 0.15) is 19.8 Å². The number of primary amides is 1. The first-order valence-electron chi connectivity index (χ1n) is 4.86. The monoisotopic (exact) mass is 185 g/mol. The first-order valence-corrected chi connectivity index (χ1v) is 4.86. The van der Waals surface area contributed by atoms with Crippen LogP contribution in [0, 0.1) is 5.92 Å². The van der Waals surface area contributed by atoms with E-state index >= 15 is 0 Å². The second-order valence-corrected chi connectivity index (χ2v) is 3.90. The van der Waals surface area contributed by atoms with Gasteiger partial charge in [0.05, 0.1) is 0 Å². The third-order valence-corrected chi connectivity index (χ3v) is 2.77. The van der Waals surface area contributed by atoms with Crippen LogP contribution in [0.15, 0.2) is 0 Å². The minimum atomic E-state index is -0.219. The van der Waals surface area contributed by atoms with Gasteiger partial charge in [0, 0.05) is 19.0 Å². The van der Waals surface area contributed by atoms with Gasteiger partial charge in [-0.25, -0.2) is 0 Å². The predicted molar refractivity (Wildman–Crippen MR) is 52.0 cm³/mol. The van der Waals surface area contributed by atoms with Crippen molar-refractivity contribution in [2.75, 3.05) is 19.6 Å².